The van der Waals surface area contributed by atoms with E-state index in [9.17, 15) is 9.59 Å². The molecule has 1 amide bonds. The van der Waals surface area contributed by atoms with Crippen LogP contribution in [-0.4, -0.2) is 24.5 Å². The Hall–Kier alpha value is -1.84. The van der Waals surface area contributed by atoms with Crippen LogP contribution in [-0.2, 0) is 20.7 Å². The average Bonchev–Trinajstić information content (AvgIpc) is 2.64. The van der Waals surface area contributed by atoms with E-state index in [1.165, 1.54) is 5.56 Å². The molecule has 4 heteroatoms. The summed E-state index contributed by atoms with van der Waals surface area (Å²) in [4.78, 5) is 24.3. The number of hydrogen-bond acceptors (Lipinski definition) is 3. The van der Waals surface area contributed by atoms with E-state index in [0.717, 1.165) is 38.5 Å². The predicted molar refractivity (Wildman–Crippen MR) is 108 cm³/mol. The first-order chi connectivity index (χ1) is 12.8. The molecule has 0 unspecified atom stereocenters. The Kier molecular flexibility index (Phi) is 7.88. The minimum absolute atomic E-state index is 0.0492. The molecule has 0 saturated heterocycles. The van der Waals surface area contributed by atoms with Crippen molar-refractivity contribution in [3.8, 4) is 0 Å². The summed E-state index contributed by atoms with van der Waals surface area (Å²) in [7, 11) is 0. The van der Waals surface area contributed by atoms with Crippen LogP contribution in [0.5, 0.6) is 0 Å². The highest BCUT2D eigenvalue weighted by atomic mass is 16.5. The van der Waals surface area contributed by atoms with Gasteiger partial charge >= 0.3 is 5.97 Å². The lowest BCUT2D eigenvalue weighted by atomic mass is 9.70. The van der Waals surface area contributed by atoms with Gasteiger partial charge in [0.25, 0.3) is 5.91 Å². The number of carbonyl (C=O) groups is 2. The highest BCUT2D eigenvalue weighted by molar-refractivity contribution is 5.81. The van der Waals surface area contributed by atoms with Crippen molar-refractivity contribution in [1.82, 2.24) is 5.32 Å². The van der Waals surface area contributed by atoms with E-state index in [1.54, 1.807) is 0 Å². The molecule has 2 rings (SSSR count). The molecular formula is C23H35NO3. The first kappa shape index (κ1) is 21.5. The highest BCUT2D eigenvalue weighted by Crippen LogP contribution is 2.40. The van der Waals surface area contributed by atoms with Gasteiger partial charge in [0, 0.05) is 6.04 Å². The SMILES string of the molecule is C[C@H](CCc1ccccc1)NC(=O)COC(=O)C1CCC(C(C)(C)C)CC1. The van der Waals surface area contributed by atoms with Gasteiger partial charge in [-0.05, 0) is 62.3 Å². The van der Waals surface area contributed by atoms with Crippen LogP contribution >= 0.6 is 0 Å². The third-order valence-electron chi connectivity index (χ3n) is 5.75. The molecule has 0 spiro atoms. The second-order valence-electron chi connectivity index (χ2n) is 9.02. The van der Waals surface area contributed by atoms with Crippen molar-refractivity contribution in [3.05, 3.63) is 35.9 Å². The lowest BCUT2D eigenvalue weighted by Crippen LogP contribution is -2.37. The van der Waals surface area contributed by atoms with Crippen molar-refractivity contribution in [2.24, 2.45) is 17.3 Å². The van der Waals surface area contributed by atoms with Crippen LogP contribution in [0.15, 0.2) is 30.3 Å². The monoisotopic (exact) mass is 373 g/mol. The maximum absolute atomic E-state index is 12.3. The lowest BCUT2D eigenvalue weighted by Gasteiger charge is -2.36. The number of carbonyl (C=O) groups excluding carboxylic acids is 2. The molecule has 1 atom stereocenters. The van der Waals surface area contributed by atoms with Crippen LogP contribution in [0.3, 0.4) is 0 Å². The molecule has 150 valence electrons. The molecule has 1 saturated carbocycles. The van der Waals surface area contributed by atoms with Crippen molar-refractivity contribution in [2.75, 3.05) is 6.61 Å². The Balaban J connectivity index is 1.64. The van der Waals surface area contributed by atoms with Crippen LogP contribution in [0.25, 0.3) is 0 Å². The first-order valence-corrected chi connectivity index (χ1v) is 10.3. The molecule has 0 bridgehead atoms. The number of esters is 1. The summed E-state index contributed by atoms with van der Waals surface area (Å²) >= 11 is 0. The first-order valence-electron chi connectivity index (χ1n) is 10.3. The minimum atomic E-state index is -0.215. The molecule has 1 aromatic rings. The molecule has 0 radical (unpaired) electrons. The van der Waals surface area contributed by atoms with E-state index in [4.69, 9.17) is 4.74 Å². The van der Waals surface area contributed by atoms with Crippen LogP contribution in [0, 0.1) is 17.3 Å². The van der Waals surface area contributed by atoms with Crippen molar-refractivity contribution in [3.63, 3.8) is 0 Å². The molecule has 27 heavy (non-hydrogen) atoms. The van der Waals surface area contributed by atoms with Gasteiger partial charge in [0.05, 0.1) is 5.92 Å². The topological polar surface area (TPSA) is 55.4 Å². The molecule has 0 aromatic heterocycles. The average molecular weight is 374 g/mol. The van der Waals surface area contributed by atoms with Gasteiger partial charge in [0.1, 0.15) is 0 Å². The van der Waals surface area contributed by atoms with E-state index in [-0.39, 0.29) is 30.4 Å². The Bertz CT molecular complexity index is 598. The van der Waals surface area contributed by atoms with E-state index in [2.05, 4.69) is 38.2 Å². The van der Waals surface area contributed by atoms with Gasteiger partial charge in [-0.3, -0.25) is 9.59 Å². The normalized spacial score (nSPS) is 21.3. The number of aryl methyl sites for hydroxylation is 1. The third-order valence-corrected chi connectivity index (χ3v) is 5.75. The standard InChI is InChI=1S/C23H35NO3/c1-17(10-11-18-8-6-5-7-9-18)24-21(25)16-27-22(26)19-12-14-20(15-13-19)23(2,3)4/h5-9,17,19-20H,10-16H2,1-4H3,(H,24,25)/t17-,19?,20?/m1/s1. The number of hydrogen-bond donors (Lipinski definition) is 1. The lowest BCUT2D eigenvalue weighted by molar-refractivity contribution is -0.154. The predicted octanol–water partition coefficient (Wildman–Crippen LogP) is 4.52. The van der Waals surface area contributed by atoms with E-state index in [0.29, 0.717) is 11.3 Å². The maximum Gasteiger partial charge on any atom is 0.309 e. The summed E-state index contributed by atoms with van der Waals surface area (Å²) in [5, 5.41) is 2.92. The number of amides is 1. The molecular weight excluding hydrogens is 338 g/mol. The van der Waals surface area contributed by atoms with Crippen LogP contribution < -0.4 is 5.32 Å². The van der Waals surface area contributed by atoms with Crippen molar-refractivity contribution in [1.29, 1.82) is 0 Å². The molecule has 0 heterocycles. The third kappa shape index (κ3) is 7.36. The van der Waals surface area contributed by atoms with Gasteiger partial charge in [-0.25, -0.2) is 0 Å². The van der Waals surface area contributed by atoms with Crippen molar-refractivity contribution < 1.29 is 14.3 Å². The summed E-state index contributed by atoms with van der Waals surface area (Å²) in [5.74, 6) is 0.184. The minimum Gasteiger partial charge on any atom is -0.455 e. The fourth-order valence-electron chi connectivity index (χ4n) is 3.87. The maximum atomic E-state index is 12.3. The number of rotatable bonds is 7. The number of ether oxygens (including phenoxy) is 1. The molecule has 1 N–H and O–H groups in total. The highest BCUT2D eigenvalue weighted by Gasteiger charge is 2.33. The molecule has 1 fully saturated rings. The Morgan fingerprint density at radius 1 is 1.11 bits per heavy atom. The van der Waals surface area contributed by atoms with Crippen molar-refractivity contribution >= 4 is 11.9 Å². The fourth-order valence-corrected chi connectivity index (χ4v) is 3.87. The molecule has 4 nitrogen and oxygen atoms in total. The fraction of sp³-hybridized carbons (Fsp3) is 0.652. The summed E-state index contributed by atoms with van der Waals surface area (Å²) in [6.07, 6.45) is 5.64. The van der Waals surface area contributed by atoms with E-state index >= 15 is 0 Å². The molecule has 1 aromatic carbocycles. The van der Waals surface area contributed by atoms with Gasteiger partial charge in [0.15, 0.2) is 6.61 Å². The van der Waals surface area contributed by atoms with Crippen LogP contribution in [0.4, 0.5) is 0 Å². The van der Waals surface area contributed by atoms with E-state index < -0.39 is 0 Å². The summed E-state index contributed by atoms with van der Waals surface area (Å²) in [6.45, 7) is 8.60. The summed E-state index contributed by atoms with van der Waals surface area (Å²) in [5.41, 5.74) is 1.56. The summed E-state index contributed by atoms with van der Waals surface area (Å²) in [6, 6.07) is 10.3. The van der Waals surface area contributed by atoms with Gasteiger partial charge in [-0.15, -0.1) is 0 Å². The zero-order chi connectivity index (χ0) is 19.9. The second kappa shape index (κ2) is 9.91. The largest absolute Gasteiger partial charge is 0.455 e. The zero-order valence-electron chi connectivity index (χ0n) is 17.3. The second-order valence-corrected chi connectivity index (χ2v) is 9.02. The van der Waals surface area contributed by atoms with Gasteiger partial charge in [0.2, 0.25) is 0 Å². The van der Waals surface area contributed by atoms with Gasteiger partial charge < -0.3 is 10.1 Å². The van der Waals surface area contributed by atoms with Crippen LogP contribution in [0.2, 0.25) is 0 Å². The van der Waals surface area contributed by atoms with Crippen LogP contribution in [0.1, 0.15) is 65.4 Å². The Morgan fingerprint density at radius 3 is 2.33 bits per heavy atom. The number of nitrogens with one attached hydrogen (secondary N) is 1. The zero-order valence-corrected chi connectivity index (χ0v) is 17.3. The Morgan fingerprint density at radius 2 is 1.74 bits per heavy atom. The van der Waals surface area contributed by atoms with Gasteiger partial charge in [-0.1, -0.05) is 51.1 Å². The number of benzene rings is 1. The van der Waals surface area contributed by atoms with E-state index in [1.807, 2.05) is 25.1 Å². The molecule has 1 aliphatic carbocycles. The quantitative estimate of drug-likeness (QED) is 0.715. The van der Waals surface area contributed by atoms with Gasteiger partial charge in [-0.2, -0.15) is 0 Å². The molecule has 0 aliphatic heterocycles. The van der Waals surface area contributed by atoms with Crippen molar-refractivity contribution in [2.45, 2.75) is 72.3 Å². The molecule has 1 aliphatic rings. The smallest absolute Gasteiger partial charge is 0.309 e. The Labute approximate surface area is 164 Å². The summed E-state index contributed by atoms with van der Waals surface area (Å²) < 4.78 is 5.28.